The van der Waals surface area contributed by atoms with Gasteiger partial charge >= 0.3 is 6.18 Å². The molecule has 1 aliphatic rings. The van der Waals surface area contributed by atoms with Crippen molar-refractivity contribution in [3.8, 4) is 0 Å². The van der Waals surface area contributed by atoms with Gasteiger partial charge in [0.05, 0.1) is 5.75 Å². The van der Waals surface area contributed by atoms with E-state index in [9.17, 15) is 21.6 Å². The molecule has 4 nitrogen and oxygen atoms in total. The molecule has 1 rings (SSSR count). The second-order valence-corrected chi connectivity index (χ2v) is 6.84. The van der Waals surface area contributed by atoms with Crippen LogP contribution in [0.1, 0.15) is 32.1 Å². The Kier molecular flexibility index (Phi) is 6.55. The lowest BCUT2D eigenvalue weighted by molar-refractivity contribution is -0.135. The fourth-order valence-corrected chi connectivity index (χ4v) is 3.32. The van der Waals surface area contributed by atoms with Crippen LogP contribution in [0.2, 0.25) is 0 Å². The molecule has 0 spiro atoms. The van der Waals surface area contributed by atoms with E-state index in [0.717, 1.165) is 25.9 Å². The van der Waals surface area contributed by atoms with Gasteiger partial charge in [-0.15, -0.1) is 0 Å². The summed E-state index contributed by atoms with van der Waals surface area (Å²) in [5, 5.41) is 3.20. The minimum absolute atomic E-state index is 0.00366. The summed E-state index contributed by atoms with van der Waals surface area (Å²) in [6, 6.07) is 0. The summed E-state index contributed by atoms with van der Waals surface area (Å²) in [6.07, 6.45) is -2.89. The molecule has 0 atom stereocenters. The normalized spacial score (nSPS) is 18.7. The zero-order valence-corrected chi connectivity index (χ0v) is 11.6. The highest BCUT2D eigenvalue weighted by atomic mass is 32.2. The van der Waals surface area contributed by atoms with Gasteiger partial charge in [-0.05, 0) is 44.7 Å². The fraction of sp³-hybridized carbons (Fsp3) is 1.00. The van der Waals surface area contributed by atoms with E-state index in [0.29, 0.717) is 12.3 Å². The zero-order chi connectivity index (χ0) is 14.4. The summed E-state index contributed by atoms with van der Waals surface area (Å²) >= 11 is 0. The van der Waals surface area contributed by atoms with Gasteiger partial charge < -0.3 is 5.32 Å². The molecule has 114 valence electrons. The van der Waals surface area contributed by atoms with E-state index in [-0.39, 0.29) is 18.7 Å². The van der Waals surface area contributed by atoms with Crippen LogP contribution >= 0.6 is 0 Å². The van der Waals surface area contributed by atoms with Gasteiger partial charge in [0.1, 0.15) is 0 Å². The minimum atomic E-state index is -4.22. The van der Waals surface area contributed by atoms with Crippen molar-refractivity contribution in [2.24, 2.45) is 5.92 Å². The molecule has 0 radical (unpaired) electrons. The van der Waals surface area contributed by atoms with Crippen molar-refractivity contribution in [1.29, 1.82) is 0 Å². The van der Waals surface area contributed by atoms with E-state index in [1.54, 1.807) is 0 Å². The number of hydrogen-bond donors (Lipinski definition) is 2. The van der Waals surface area contributed by atoms with E-state index in [4.69, 9.17) is 0 Å². The van der Waals surface area contributed by atoms with Gasteiger partial charge in [0, 0.05) is 13.0 Å². The summed E-state index contributed by atoms with van der Waals surface area (Å²) in [5.41, 5.74) is 0. The summed E-state index contributed by atoms with van der Waals surface area (Å²) in [6.45, 7) is 1.67. The Labute approximate surface area is 112 Å². The Morgan fingerprint density at radius 2 is 1.84 bits per heavy atom. The Morgan fingerprint density at radius 1 is 1.21 bits per heavy atom. The number of sulfonamides is 1. The Balaban J connectivity index is 2.16. The standard InChI is InChI=1S/C11H21F3N2O2S/c12-11(13,14)5-1-6-16-19(17,18)9-4-10-2-7-15-8-3-10/h10,15-16H,1-9H2. The summed E-state index contributed by atoms with van der Waals surface area (Å²) in [4.78, 5) is 0. The van der Waals surface area contributed by atoms with Gasteiger partial charge in [-0.2, -0.15) is 13.2 Å². The van der Waals surface area contributed by atoms with Crippen molar-refractivity contribution in [3.63, 3.8) is 0 Å². The Morgan fingerprint density at radius 3 is 2.42 bits per heavy atom. The van der Waals surface area contributed by atoms with Crippen LogP contribution in [-0.2, 0) is 10.0 Å². The predicted octanol–water partition coefficient (Wildman–Crippen LogP) is 1.64. The maximum atomic E-state index is 11.9. The summed E-state index contributed by atoms with van der Waals surface area (Å²) in [7, 11) is -3.44. The molecule has 0 bridgehead atoms. The van der Waals surface area contributed by atoms with Crippen molar-refractivity contribution >= 4 is 10.0 Å². The van der Waals surface area contributed by atoms with Crippen LogP contribution in [0.4, 0.5) is 13.2 Å². The van der Waals surface area contributed by atoms with E-state index < -0.39 is 22.6 Å². The van der Waals surface area contributed by atoms with Crippen LogP contribution in [0.3, 0.4) is 0 Å². The minimum Gasteiger partial charge on any atom is -0.317 e. The van der Waals surface area contributed by atoms with Crippen LogP contribution in [0.15, 0.2) is 0 Å². The van der Waals surface area contributed by atoms with Crippen molar-refractivity contribution in [1.82, 2.24) is 10.0 Å². The molecule has 0 unspecified atom stereocenters. The van der Waals surface area contributed by atoms with Crippen LogP contribution in [0, 0.1) is 5.92 Å². The van der Waals surface area contributed by atoms with E-state index in [1.165, 1.54) is 0 Å². The highest BCUT2D eigenvalue weighted by molar-refractivity contribution is 7.89. The number of hydrogen-bond acceptors (Lipinski definition) is 3. The average molecular weight is 302 g/mol. The Hall–Kier alpha value is -0.340. The molecule has 1 aliphatic heterocycles. The van der Waals surface area contributed by atoms with Gasteiger partial charge in [-0.1, -0.05) is 0 Å². The smallest absolute Gasteiger partial charge is 0.317 e. The maximum absolute atomic E-state index is 11.9. The number of halogens is 3. The average Bonchev–Trinajstić information content (AvgIpc) is 2.33. The van der Waals surface area contributed by atoms with Crippen LogP contribution in [0.25, 0.3) is 0 Å². The quantitative estimate of drug-likeness (QED) is 0.703. The third-order valence-electron chi connectivity index (χ3n) is 3.21. The van der Waals surface area contributed by atoms with Crippen molar-refractivity contribution in [2.45, 2.75) is 38.3 Å². The number of piperidine rings is 1. The van der Waals surface area contributed by atoms with E-state index in [1.807, 2.05) is 0 Å². The van der Waals surface area contributed by atoms with E-state index >= 15 is 0 Å². The molecular weight excluding hydrogens is 281 g/mol. The SMILES string of the molecule is O=S(=O)(CCC1CCNCC1)NCCCC(F)(F)F. The highest BCUT2D eigenvalue weighted by Crippen LogP contribution is 2.21. The van der Waals surface area contributed by atoms with Gasteiger partial charge in [0.25, 0.3) is 0 Å². The number of nitrogens with one attached hydrogen (secondary N) is 2. The first-order chi connectivity index (χ1) is 8.79. The molecule has 8 heteroatoms. The molecule has 19 heavy (non-hydrogen) atoms. The molecule has 0 saturated carbocycles. The third-order valence-corrected chi connectivity index (χ3v) is 4.63. The summed E-state index contributed by atoms with van der Waals surface area (Å²) in [5.74, 6) is 0.400. The highest BCUT2D eigenvalue weighted by Gasteiger charge is 2.26. The molecule has 0 aliphatic carbocycles. The predicted molar refractivity (Wildman–Crippen MR) is 67.3 cm³/mol. The van der Waals surface area contributed by atoms with Crippen molar-refractivity contribution in [3.05, 3.63) is 0 Å². The molecule has 1 fully saturated rings. The number of alkyl halides is 3. The molecular formula is C11H21F3N2O2S. The van der Waals surface area contributed by atoms with Gasteiger partial charge in [0.15, 0.2) is 0 Å². The molecule has 0 aromatic carbocycles. The first kappa shape index (κ1) is 16.7. The molecule has 0 aromatic heterocycles. The van der Waals surface area contributed by atoms with Crippen molar-refractivity contribution < 1.29 is 21.6 Å². The van der Waals surface area contributed by atoms with Crippen LogP contribution in [0.5, 0.6) is 0 Å². The lowest BCUT2D eigenvalue weighted by Crippen LogP contribution is -2.32. The van der Waals surface area contributed by atoms with Gasteiger partial charge in [0.2, 0.25) is 10.0 Å². The Bertz CT molecular complexity index is 351. The zero-order valence-electron chi connectivity index (χ0n) is 10.8. The lowest BCUT2D eigenvalue weighted by Gasteiger charge is -2.22. The second-order valence-electron chi connectivity index (χ2n) is 4.91. The molecule has 2 N–H and O–H groups in total. The molecule has 0 amide bonds. The monoisotopic (exact) mass is 302 g/mol. The van der Waals surface area contributed by atoms with Crippen molar-refractivity contribution in [2.75, 3.05) is 25.4 Å². The summed E-state index contributed by atoms with van der Waals surface area (Å²) < 4.78 is 61.1. The topological polar surface area (TPSA) is 58.2 Å². The largest absolute Gasteiger partial charge is 0.389 e. The molecule has 1 heterocycles. The fourth-order valence-electron chi connectivity index (χ4n) is 2.08. The molecule has 0 aromatic rings. The third kappa shape index (κ3) is 8.43. The number of rotatable bonds is 7. The van der Waals surface area contributed by atoms with Gasteiger partial charge in [-0.3, -0.25) is 0 Å². The lowest BCUT2D eigenvalue weighted by atomic mass is 9.96. The van der Waals surface area contributed by atoms with Crippen LogP contribution < -0.4 is 10.0 Å². The van der Waals surface area contributed by atoms with Crippen LogP contribution in [-0.4, -0.2) is 40.0 Å². The maximum Gasteiger partial charge on any atom is 0.389 e. The van der Waals surface area contributed by atoms with Gasteiger partial charge in [-0.25, -0.2) is 13.1 Å². The second kappa shape index (κ2) is 7.44. The first-order valence-corrected chi connectivity index (χ1v) is 8.18. The first-order valence-electron chi connectivity index (χ1n) is 6.53. The molecule has 1 saturated heterocycles. The van der Waals surface area contributed by atoms with E-state index in [2.05, 4.69) is 10.0 Å².